The van der Waals surface area contributed by atoms with Gasteiger partial charge in [-0.15, -0.1) is 0 Å². The van der Waals surface area contributed by atoms with Crippen LogP contribution in [0.4, 0.5) is 0 Å². The number of aliphatic hydroxyl groups is 1. The molecule has 0 aliphatic heterocycles. The van der Waals surface area contributed by atoms with E-state index in [4.69, 9.17) is 9.53 Å². The van der Waals surface area contributed by atoms with Gasteiger partial charge >= 0.3 is 0 Å². The zero-order valence-corrected chi connectivity index (χ0v) is 12.5. The van der Waals surface area contributed by atoms with Crippen molar-refractivity contribution in [2.75, 3.05) is 7.11 Å². The maximum Gasteiger partial charge on any atom is 0.116 e. The van der Waals surface area contributed by atoms with Gasteiger partial charge in [0.1, 0.15) is 6.29 Å². The average molecular weight is 246 g/mol. The Balaban J connectivity index is 0. The fourth-order valence-corrected chi connectivity index (χ4v) is 1.51. The van der Waals surface area contributed by atoms with Crippen molar-refractivity contribution in [3.63, 3.8) is 0 Å². The van der Waals surface area contributed by atoms with Gasteiger partial charge in [-0.2, -0.15) is 0 Å². The van der Waals surface area contributed by atoms with E-state index in [0.717, 1.165) is 25.0 Å². The number of carbonyl (C=O) groups is 1. The van der Waals surface area contributed by atoms with Crippen molar-refractivity contribution in [3.05, 3.63) is 0 Å². The molecule has 0 spiro atoms. The topological polar surface area (TPSA) is 46.5 Å². The average Bonchev–Trinajstić information content (AvgIpc) is 2.45. The van der Waals surface area contributed by atoms with Crippen molar-refractivity contribution in [2.24, 2.45) is 5.92 Å². The Hall–Kier alpha value is -0.410. The van der Waals surface area contributed by atoms with E-state index >= 15 is 0 Å². The molecule has 1 fully saturated rings. The monoisotopic (exact) mass is 246 g/mol. The highest BCUT2D eigenvalue weighted by Crippen LogP contribution is 2.33. The molecule has 2 atom stereocenters. The van der Waals surface area contributed by atoms with Crippen LogP contribution in [-0.4, -0.2) is 29.7 Å². The summed E-state index contributed by atoms with van der Waals surface area (Å²) in [6.07, 6.45) is 3.94. The van der Waals surface area contributed by atoms with Gasteiger partial charge in [-0.1, -0.05) is 6.92 Å². The number of aldehydes is 1. The lowest BCUT2D eigenvalue weighted by atomic mass is 10.0. The zero-order valence-electron chi connectivity index (χ0n) is 12.5. The summed E-state index contributed by atoms with van der Waals surface area (Å²) in [6.45, 7) is 11.6. The minimum Gasteiger partial charge on any atom is -0.390 e. The van der Waals surface area contributed by atoms with Gasteiger partial charge in [-0.05, 0) is 59.8 Å². The van der Waals surface area contributed by atoms with Gasteiger partial charge in [0.15, 0.2) is 0 Å². The molecule has 104 valence electrons. The minimum atomic E-state index is -0.334. The Labute approximate surface area is 107 Å². The number of methoxy groups -OCH3 is 1. The summed E-state index contributed by atoms with van der Waals surface area (Å²) >= 11 is 0. The lowest BCUT2D eigenvalue weighted by Crippen LogP contribution is -2.18. The number of rotatable bonds is 0. The molecule has 1 rings (SSSR count). The molecule has 0 aromatic rings. The molecule has 0 radical (unpaired) electrons. The van der Waals surface area contributed by atoms with Crippen molar-refractivity contribution in [1.82, 2.24) is 0 Å². The van der Waals surface area contributed by atoms with Crippen LogP contribution in [0.15, 0.2) is 0 Å². The molecular formula is C14H30O3. The summed E-state index contributed by atoms with van der Waals surface area (Å²) < 4.78 is 4.94. The van der Waals surface area contributed by atoms with Gasteiger partial charge in [-0.3, -0.25) is 0 Å². The smallest absolute Gasteiger partial charge is 0.116 e. The third-order valence-electron chi connectivity index (χ3n) is 2.58. The Morgan fingerprint density at radius 2 is 1.76 bits per heavy atom. The van der Waals surface area contributed by atoms with E-state index in [1.54, 1.807) is 7.11 Å². The summed E-state index contributed by atoms with van der Waals surface area (Å²) in [6, 6.07) is 0. The van der Waals surface area contributed by atoms with E-state index in [0.29, 0.717) is 0 Å². The maximum absolute atomic E-state index is 9.36. The van der Waals surface area contributed by atoms with Crippen LogP contribution in [0.25, 0.3) is 0 Å². The first-order valence-corrected chi connectivity index (χ1v) is 6.25. The SMILES string of the molecule is CC1CCC(C)(O)C1.CC=O.COC(C)(C)C. The minimum absolute atomic E-state index is 0.0417. The first-order valence-electron chi connectivity index (χ1n) is 6.25. The molecule has 1 N–H and O–H groups in total. The van der Waals surface area contributed by atoms with E-state index in [1.807, 2.05) is 27.7 Å². The molecule has 0 saturated heterocycles. The lowest BCUT2D eigenvalue weighted by Gasteiger charge is -2.14. The molecule has 2 unspecified atom stereocenters. The van der Waals surface area contributed by atoms with E-state index in [-0.39, 0.29) is 11.2 Å². The third kappa shape index (κ3) is 15.6. The normalized spacial score (nSPS) is 27.4. The molecular weight excluding hydrogens is 216 g/mol. The highest BCUT2D eigenvalue weighted by atomic mass is 16.5. The van der Waals surface area contributed by atoms with E-state index < -0.39 is 0 Å². The van der Waals surface area contributed by atoms with Crippen molar-refractivity contribution in [3.8, 4) is 0 Å². The van der Waals surface area contributed by atoms with Crippen LogP contribution < -0.4 is 0 Å². The quantitative estimate of drug-likeness (QED) is 0.668. The fourth-order valence-electron chi connectivity index (χ4n) is 1.51. The molecule has 1 aliphatic carbocycles. The van der Waals surface area contributed by atoms with Crippen LogP contribution in [0.5, 0.6) is 0 Å². The summed E-state index contributed by atoms with van der Waals surface area (Å²) in [5.41, 5.74) is -0.292. The lowest BCUT2D eigenvalue weighted by molar-refractivity contribution is -0.106. The predicted octanol–water partition coefficient (Wildman–Crippen LogP) is 3.19. The highest BCUT2D eigenvalue weighted by molar-refractivity contribution is 5.44. The molecule has 0 bridgehead atoms. The molecule has 1 aliphatic rings. The summed E-state index contributed by atoms with van der Waals surface area (Å²) in [5, 5.41) is 9.36. The van der Waals surface area contributed by atoms with Crippen molar-refractivity contribution >= 4 is 6.29 Å². The number of hydrogen-bond donors (Lipinski definition) is 1. The summed E-state index contributed by atoms with van der Waals surface area (Å²) in [7, 11) is 1.71. The number of ether oxygens (including phenoxy) is 1. The van der Waals surface area contributed by atoms with Crippen LogP contribution in [0.3, 0.4) is 0 Å². The van der Waals surface area contributed by atoms with Gasteiger partial charge in [0, 0.05) is 7.11 Å². The van der Waals surface area contributed by atoms with Crippen LogP contribution in [-0.2, 0) is 9.53 Å². The summed E-state index contributed by atoms with van der Waals surface area (Å²) in [5.74, 6) is 0.741. The van der Waals surface area contributed by atoms with Crippen LogP contribution in [0.1, 0.15) is 60.8 Å². The molecule has 3 nitrogen and oxygen atoms in total. The maximum atomic E-state index is 9.36. The van der Waals surface area contributed by atoms with Gasteiger partial charge in [0.25, 0.3) is 0 Å². The Bertz CT molecular complexity index is 192. The van der Waals surface area contributed by atoms with E-state index in [9.17, 15) is 5.11 Å². The Kier molecular flexibility index (Phi) is 9.64. The molecule has 1 saturated carbocycles. The second-order valence-electron chi connectivity index (χ2n) is 5.90. The van der Waals surface area contributed by atoms with Crippen molar-refractivity contribution in [1.29, 1.82) is 0 Å². The first-order chi connectivity index (χ1) is 7.58. The van der Waals surface area contributed by atoms with Crippen LogP contribution in [0, 0.1) is 5.92 Å². The standard InChI is InChI=1S/C7H14O.C5H12O.C2H4O/c1-6-3-4-7(2,8)5-6;1-5(2,3)6-4;1-2-3/h6,8H,3-5H2,1-2H3;1-4H3;2H,1H3. The first kappa shape index (κ1) is 18.9. The fraction of sp³-hybridized carbons (Fsp3) is 0.929. The predicted molar refractivity (Wildman–Crippen MR) is 72.1 cm³/mol. The Morgan fingerprint density at radius 3 is 1.82 bits per heavy atom. The largest absolute Gasteiger partial charge is 0.390 e. The van der Waals surface area contributed by atoms with E-state index in [2.05, 4.69) is 6.92 Å². The third-order valence-corrected chi connectivity index (χ3v) is 2.58. The van der Waals surface area contributed by atoms with Gasteiger partial charge < -0.3 is 14.6 Å². The van der Waals surface area contributed by atoms with Crippen molar-refractivity contribution < 1.29 is 14.6 Å². The molecule has 0 aromatic heterocycles. The van der Waals surface area contributed by atoms with E-state index in [1.165, 1.54) is 13.3 Å². The second-order valence-corrected chi connectivity index (χ2v) is 5.90. The van der Waals surface area contributed by atoms with Gasteiger partial charge in [0.2, 0.25) is 0 Å². The zero-order chi connectivity index (χ0) is 14.1. The molecule has 3 heteroatoms. The molecule has 17 heavy (non-hydrogen) atoms. The Morgan fingerprint density at radius 1 is 1.41 bits per heavy atom. The van der Waals surface area contributed by atoms with Crippen LogP contribution >= 0.6 is 0 Å². The molecule has 0 aromatic carbocycles. The summed E-state index contributed by atoms with van der Waals surface area (Å²) in [4.78, 5) is 8.81. The van der Waals surface area contributed by atoms with Gasteiger partial charge in [-0.25, -0.2) is 0 Å². The number of carbonyl (C=O) groups excluding carboxylic acids is 1. The van der Waals surface area contributed by atoms with Gasteiger partial charge in [0.05, 0.1) is 11.2 Å². The van der Waals surface area contributed by atoms with Crippen LogP contribution in [0.2, 0.25) is 0 Å². The number of hydrogen-bond acceptors (Lipinski definition) is 3. The molecule has 0 heterocycles. The highest BCUT2D eigenvalue weighted by Gasteiger charge is 2.29. The molecule has 0 amide bonds. The second kappa shape index (κ2) is 8.65. The van der Waals surface area contributed by atoms with Crippen molar-refractivity contribution in [2.45, 2.75) is 72.0 Å².